The van der Waals surface area contributed by atoms with Gasteiger partial charge in [-0.2, -0.15) is 0 Å². The molecular formula is C21H31ClO. The van der Waals surface area contributed by atoms with Gasteiger partial charge in [0, 0.05) is 11.8 Å². The largest absolute Gasteiger partial charge is 0.487 e. The van der Waals surface area contributed by atoms with Crippen LogP contribution in [-0.4, -0.2) is 11.0 Å². The van der Waals surface area contributed by atoms with Crippen LogP contribution in [0.15, 0.2) is 24.3 Å². The van der Waals surface area contributed by atoms with Crippen molar-refractivity contribution in [2.45, 2.75) is 94.4 Å². The number of fused-ring (bicyclic) bond motifs is 1. The van der Waals surface area contributed by atoms with Crippen LogP contribution in [0.4, 0.5) is 0 Å². The first kappa shape index (κ1) is 17.1. The maximum atomic E-state index is 6.72. The molecule has 23 heavy (non-hydrogen) atoms. The van der Waals surface area contributed by atoms with Crippen LogP contribution in [0.25, 0.3) is 0 Å². The molecule has 0 unspecified atom stereocenters. The molecule has 0 radical (unpaired) electrons. The zero-order valence-electron chi connectivity index (χ0n) is 14.4. The molecule has 1 nitrogen and oxygen atoms in total. The topological polar surface area (TPSA) is 9.23 Å². The first-order valence-electron chi connectivity index (χ1n) is 9.68. The summed E-state index contributed by atoms with van der Waals surface area (Å²) in [6, 6.07) is 8.52. The van der Waals surface area contributed by atoms with Gasteiger partial charge in [0.15, 0.2) is 0 Å². The summed E-state index contributed by atoms with van der Waals surface area (Å²) < 4.78 is 6.68. The summed E-state index contributed by atoms with van der Waals surface area (Å²) in [4.78, 5) is 0. The van der Waals surface area contributed by atoms with E-state index in [2.05, 4.69) is 24.3 Å². The Balaban J connectivity index is 1.77. The van der Waals surface area contributed by atoms with E-state index in [1.165, 1.54) is 76.2 Å². The van der Waals surface area contributed by atoms with Crippen LogP contribution in [0.1, 0.15) is 82.6 Å². The van der Waals surface area contributed by atoms with Gasteiger partial charge in [-0.05, 0) is 43.7 Å². The molecule has 3 rings (SSSR count). The van der Waals surface area contributed by atoms with Crippen LogP contribution < -0.4 is 4.74 Å². The maximum absolute atomic E-state index is 6.72. The zero-order valence-corrected chi connectivity index (χ0v) is 15.1. The molecule has 1 heterocycles. The second-order valence-corrected chi connectivity index (χ2v) is 8.20. The van der Waals surface area contributed by atoms with Crippen molar-refractivity contribution < 1.29 is 4.74 Å². The van der Waals surface area contributed by atoms with Crippen LogP contribution in [0.5, 0.6) is 5.75 Å². The SMILES string of the molecule is Cl[C@@H]1Cc2ccccc2OC2(CCCCCCCCCCC2)C1. The Morgan fingerprint density at radius 1 is 0.826 bits per heavy atom. The van der Waals surface area contributed by atoms with Gasteiger partial charge in [-0.1, -0.05) is 63.1 Å². The Hall–Kier alpha value is -0.690. The number of ether oxygens (including phenoxy) is 1. The third kappa shape index (κ3) is 4.89. The summed E-state index contributed by atoms with van der Waals surface area (Å²) >= 11 is 6.72. The Labute approximate surface area is 146 Å². The van der Waals surface area contributed by atoms with Crippen molar-refractivity contribution in [1.29, 1.82) is 0 Å². The molecule has 1 aromatic carbocycles. The Morgan fingerprint density at radius 2 is 1.39 bits per heavy atom. The van der Waals surface area contributed by atoms with E-state index in [1.54, 1.807) is 0 Å². The highest BCUT2D eigenvalue weighted by Crippen LogP contribution is 2.40. The molecule has 0 amide bonds. The third-order valence-electron chi connectivity index (χ3n) is 5.60. The Morgan fingerprint density at radius 3 is 2.04 bits per heavy atom. The van der Waals surface area contributed by atoms with Gasteiger partial charge < -0.3 is 4.74 Å². The lowest BCUT2D eigenvalue weighted by Crippen LogP contribution is -2.38. The number of rotatable bonds is 0. The summed E-state index contributed by atoms with van der Waals surface area (Å²) in [5, 5.41) is 0.201. The van der Waals surface area contributed by atoms with Crippen molar-refractivity contribution in [2.75, 3.05) is 0 Å². The molecule has 1 aliphatic carbocycles. The summed E-state index contributed by atoms with van der Waals surface area (Å²) in [5.41, 5.74) is 1.26. The minimum Gasteiger partial charge on any atom is -0.487 e. The van der Waals surface area contributed by atoms with Gasteiger partial charge >= 0.3 is 0 Å². The van der Waals surface area contributed by atoms with Gasteiger partial charge in [0.05, 0.1) is 0 Å². The number of benzene rings is 1. The molecule has 1 atom stereocenters. The molecule has 2 aliphatic rings. The maximum Gasteiger partial charge on any atom is 0.123 e. The fourth-order valence-corrected chi connectivity index (χ4v) is 4.77. The van der Waals surface area contributed by atoms with E-state index in [0.717, 1.165) is 18.6 Å². The normalized spacial score (nSPS) is 26.2. The van der Waals surface area contributed by atoms with Gasteiger partial charge in [0.25, 0.3) is 0 Å². The van der Waals surface area contributed by atoms with Crippen molar-refractivity contribution in [1.82, 2.24) is 0 Å². The Bertz CT molecular complexity index is 472. The lowest BCUT2D eigenvalue weighted by Gasteiger charge is -2.35. The highest BCUT2D eigenvalue weighted by atomic mass is 35.5. The molecule has 1 spiro atoms. The monoisotopic (exact) mass is 334 g/mol. The van der Waals surface area contributed by atoms with E-state index in [-0.39, 0.29) is 11.0 Å². The summed E-state index contributed by atoms with van der Waals surface area (Å²) in [6.45, 7) is 0. The summed E-state index contributed by atoms with van der Waals surface area (Å²) in [5.74, 6) is 1.09. The van der Waals surface area contributed by atoms with Gasteiger partial charge in [0.1, 0.15) is 11.4 Å². The van der Waals surface area contributed by atoms with Crippen LogP contribution >= 0.6 is 11.6 Å². The highest BCUT2D eigenvalue weighted by molar-refractivity contribution is 6.20. The smallest absolute Gasteiger partial charge is 0.123 e. The van der Waals surface area contributed by atoms with Gasteiger partial charge in [0.2, 0.25) is 0 Å². The standard InChI is InChI=1S/C21H31ClO/c22-19-16-18-12-8-9-13-20(18)23-21(17-19)14-10-6-4-2-1-3-5-7-11-15-21/h8-9,12-13,19H,1-7,10-11,14-17H2/t19-/m1/s1. The average Bonchev–Trinajstić information content (AvgIpc) is 2.66. The lowest BCUT2D eigenvalue weighted by atomic mass is 9.84. The van der Waals surface area contributed by atoms with Crippen LogP contribution in [-0.2, 0) is 6.42 Å². The molecule has 0 N–H and O–H groups in total. The van der Waals surface area contributed by atoms with E-state index in [4.69, 9.17) is 16.3 Å². The second-order valence-electron chi connectivity index (χ2n) is 7.58. The van der Waals surface area contributed by atoms with Gasteiger partial charge in [-0.15, -0.1) is 11.6 Å². The van der Waals surface area contributed by atoms with Crippen molar-refractivity contribution in [3.8, 4) is 5.75 Å². The van der Waals surface area contributed by atoms with Gasteiger partial charge in [-0.3, -0.25) is 0 Å². The van der Waals surface area contributed by atoms with Crippen molar-refractivity contribution in [3.63, 3.8) is 0 Å². The van der Waals surface area contributed by atoms with Crippen LogP contribution in [0.2, 0.25) is 0 Å². The zero-order chi connectivity index (χ0) is 16.0. The summed E-state index contributed by atoms with van der Waals surface area (Å²) in [7, 11) is 0. The molecule has 1 aromatic rings. The number of halogens is 1. The van der Waals surface area contributed by atoms with E-state index in [9.17, 15) is 0 Å². The van der Waals surface area contributed by atoms with Crippen LogP contribution in [0.3, 0.4) is 0 Å². The van der Waals surface area contributed by atoms with Crippen LogP contribution in [0, 0.1) is 0 Å². The van der Waals surface area contributed by atoms with Crippen molar-refractivity contribution in [2.24, 2.45) is 0 Å². The van der Waals surface area contributed by atoms with Crippen molar-refractivity contribution in [3.05, 3.63) is 29.8 Å². The van der Waals surface area contributed by atoms with Crippen molar-refractivity contribution >= 4 is 11.6 Å². The number of para-hydroxylation sites is 1. The van der Waals surface area contributed by atoms with E-state index < -0.39 is 0 Å². The molecule has 1 aliphatic heterocycles. The number of hydrogen-bond acceptors (Lipinski definition) is 1. The minimum atomic E-state index is -0.0295. The molecule has 0 saturated heterocycles. The molecular weight excluding hydrogens is 304 g/mol. The average molecular weight is 335 g/mol. The fraction of sp³-hybridized carbons (Fsp3) is 0.714. The predicted octanol–water partition coefficient (Wildman–Crippen LogP) is 6.66. The van der Waals surface area contributed by atoms with E-state index >= 15 is 0 Å². The quantitative estimate of drug-likeness (QED) is 0.482. The summed E-state index contributed by atoms with van der Waals surface area (Å²) in [6.07, 6.45) is 16.6. The molecule has 1 saturated carbocycles. The number of alkyl halides is 1. The molecule has 0 bridgehead atoms. The van der Waals surface area contributed by atoms with Gasteiger partial charge in [-0.25, -0.2) is 0 Å². The predicted molar refractivity (Wildman–Crippen MR) is 98.6 cm³/mol. The lowest BCUT2D eigenvalue weighted by molar-refractivity contribution is 0.0395. The highest BCUT2D eigenvalue weighted by Gasteiger charge is 2.37. The fourth-order valence-electron chi connectivity index (χ4n) is 4.32. The molecule has 0 aromatic heterocycles. The second kappa shape index (κ2) is 8.42. The minimum absolute atomic E-state index is 0.0295. The number of hydrogen-bond donors (Lipinski definition) is 0. The van der Waals surface area contributed by atoms with E-state index in [1.807, 2.05) is 0 Å². The molecule has 128 valence electrons. The third-order valence-corrected chi connectivity index (χ3v) is 5.91. The molecule has 1 fully saturated rings. The van der Waals surface area contributed by atoms with E-state index in [0.29, 0.717) is 0 Å². The molecule has 2 heteroatoms. The first-order chi connectivity index (χ1) is 11.3. The first-order valence-corrected chi connectivity index (χ1v) is 10.1. The Kier molecular flexibility index (Phi) is 6.28.